The van der Waals surface area contributed by atoms with Crippen LogP contribution >= 0.6 is 37.2 Å². The van der Waals surface area contributed by atoms with Gasteiger partial charge in [0.15, 0.2) is 0 Å². The zero-order valence-electron chi connectivity index (χ0n) is 15.5. The van der Waals surface area contributed by atoms with Gasteiger partial charge in [-0.15, -0.1) is 0 Å². The quantitative estimate of drug-likeness (QED) is 0.216. The van der Waals surface area contributed by atoms with E-state index in [9.17, 15) is 4.79 Å². The zero-order chi connectivity index (χ0) is 19.5. The van der Waals surface area contributed by atoms with Gasteiger partial charge in [-0.3, -0.25) is 0 Å². The third-order valence-electron chi connectivity index (χ3n) is 4.26. The Bertz CT molecular complexity index is 718. The first kappa shape index (κ1) is 25.9. The first-order valence-corrected chi connectivity index (χ1v) is 19.0. The summed E-state index contributed by atoms with van der Waals surface area (Å²) in [6, 6.07) is 31.4. The number of hydrogen-bond acceptors (Lipinski definition) is 2. The molecule has 0 atom stereocenters. The van der Waals surface area contributed by atoms with E-state index in [1.54, 1.807) is 0 Å². The van der Waals surface area contributed by atoms with Gasteiger partial charge in [0.25, 0.3) is 0 Å². The van der Waals surface area contributed by atoms with Crippen LogP contribution in [0.2, 0.25) is 5.21 Å². The summed E-state index contributed by atoms with van der Waals surface area (Å²) in [5, 5.41) is 0.435. The topological polar surface area (TPSA) is 26.3 Å². The van der Waals surface area contributed by atoms with E-state index in [-0.39, 0.29) is 29.9 Å². The number of rotatable bonds is 6. The number of esters is 1. The Balaban J connectivity index is 0.00000127. The summed E-state index contributed by atoms with van der Waals surface area (Å²) in [5.74, 6) is -0.119. The third kappa shape index (κ3) is 6.44. The number of carbonyl (C=O) groups is 1. The molecule has 0 amide bonds. The van der Waals surface area contributed by atoms with Crippen LogP contribution in [0.3, 0.4) is 0 Å². The Morgan fingerprint density at radius 3 is 1.36 bits per heavy atom. The summed E-state index contributed by atoms with van der Waals surface area (Å²) >= 11 is 1.28. The predicted octanol–water partition coefficient (Wildman–Crippen LogP) is 1.50. The van der Waals surface area contributed by atoms with E-state index in [1.165, 1.54) is 13.1 Å². The fourth-order valence-electron chi connectivity index (χ4n) is 3.17. The average Bonchev–Trinajstić information content (AvgIpc) is 2.75. The van der Waals surface area contributed by atoms with Gasteiger partial charge in [0.2, 0.25) is 0 Å². The van der Waals surface area contributed by atoms with Gasteiger partial charge in [-0.2, -0.15) is 0 Å². The van der Waals surface area contributed by atoms with Crippen LogP contribution in [-0.4, -0.2) is 26.1 Å². The first-order chi connectivity index (χ1) is 13.3. The molecule has 0 aromatic heterocycles. The second kappa shape index (κ2) is 14.0. The van der Waals surface area contributed by atoms with Gasteiger partial charge in [0.1, 0.15) is 0 Å². The van der Waals surface area contributed by atoms with Gasteiger partial charge in [0, 0.05) is 37.2 Å². The summed E-state index contributed by atoms with van der Waals surface area (Å²) in [6.45, 7) is 2.27. The molecular formula is C22H22AsI3O2. The molecule has 0 radical (unpaired) electrons. The van der Waals surface area contributed by atoms with E-state index >= 15 is 0 Å². The molecule has 0 N–H and O–H groups in total. The summed E-state index contributed by atoms with van der Waals surface area (Å²) in [6.07, 6.45) is 0. The maximum atomic E-state index is 12.6. The van der Waals surface area contributed by atoms with Crippen LogP contribution in [0.1, 0.15) is 6.92 Å². The van der Waals surface area contributed by atoms with Crippen molar-refractivity contribution in [3.05, 3.63) is 91.0 Å². The molecule has 0 bridgehead atoms. The molecule has 0 saturated carbocycles. The van der Waals surface area contributed by atoms with Crippen molar-refractivity contribution in [2.24, 2.45) is 0 Å². The van der Waals surface area contributed by atoms with Gasteiger partial charge >= 0.3 is 152 Å². The number of benzene rings is 3. The van der Waals surface area contributed by atoms with Crippen molar-refractivity contribution in [3.63, 3.8) is 0 Å². The van der Waals surface area contributed by atoms with E-state index in [1.807, 2.05) is 25.1 Å². The number of halogens is 3. The Morgan fingerprint density at radius 2 is 1.07 bits per heavy atom. The molecule has 3 rings (SSSR count). The van der Waals surface area contributed by atoms with Crippen LogP contribution in [0.25, 0.3) is 0 Å². The largest absolute Gasteiger partial charge is 1.00 e. The summed E-state index contributed by atoms with van der Waals surface area (Å²) in [7, 11) is 0. The molecule has 2 nitrogen and oxygen atoms in total. The summed E-state index contributed by atoms with van der Waals surface area (Å²) in [4.78, 5) is 12.6. The summed E-state index contributed by atoms with van der Waals surface area (Å²) in [5.41, 5.74) is 0. The molecule has 0 aliphatic heterocycles. The van der Waals surface area contributed by atoms with Gasteiger partial charge in [-0.25, -0.2) is 0 Å². The molecule has 148 valence electrons. The van der Waals surface area contributed by atoms with Gasteiger partial charge in [-0.05, 0) is 0 Å². The molecule has 6 heteroatoms. The summed E-state index contributed by atoms with van der Waals surface area (Å²) < 4.78 is 9.13. The normalized spacial score (nSPS) is 10.1. The number of hydrogen-bond donors (Lipinski definition) is 0. The van der Waals surface area contributed by atoms with E-state index in [4.69, 9.17) is 4.74 Å². The minimum Gasteiger partial charge on any atom is -1.00 e. The van der Waals surface area contributed by atoms with Gasteiger partial charge in [0.05, 0.1) is 0 Å². The van der Waals surface area contributed by atoms with E-state index in [0.29, 0.717) is 11.8 Å². The van der Waals surface area contributed by atoms with Crippen LogP contribution in [0.4, 0.5) is 0 Å². The Morgan fingerprint density at radius 1 is 0.750 bits per heavy atom. The van der Waals surface area contributed by atoms with Crippen LogP contribution in [0.5, 0.6) is 0 Å². The van der Waals surface area contributed by atoms with E-state index in [2.05, 4.69) is 110 Å². The smallest absolute Gasteiger partial charge is 0 e. The van der Waals surface area contributed by atoms with E-state index in [0.717, 1.165) is 0 Å². The van der Waals surface area contributed by atoms with Crippen molar-refractivity contribution in [3.8, 4) is 0 Å². The van der Waals surface area contributed by atoms with Crippen molar-refractivity contribution < 1.29 is 33.5 Å². The second-order valence-corrected chi connectivity index (χ2v) is 13.1. The fraction of sp³-hybridized carbons (Fsp3) is 0.136. The Labute approximate surface area is 210 Å². The number of carbonyl (C=O) groups excluding carboxylic acids is 1. The molecule has 3 aromatic carbocycles. The monoisotopic (exact) mass is 774 g/mol. The molecule has 0 saturated heterocycles. The standard InChI is InChI=1S/C22H22AsO2.I2.HI/c1-2-25-22(24)18-23(19-12-6-3-7-13-19,20-14-8-4-9-15-20)21-16-10-5-11-17-21;1-2;/h3-17H,2,18H2,1H3;;1H/q+1;;/p-1. The van der Waals surface area contributed by atoms with Crippen molar-refractivity contribution in [1.82, 2.24) is 0 Å². The maximum Gasteiger partial charge on any atom is 0 e. The minimum absolute atomic E-state index is 0. The van der Waals surface area contributed by atoms with E-state index < -0.39 is 13.6 Å². The van der Waals surface area contributed by atoms with Crippen molar-refractivity contribution in [2.45, 2.75) is 12.1 Å². The fourth-order valence-corrected chi connectivity index (χ4v) is 11.5. The minimum atomic E-state index is -2.96. The van der Waals surface area contributed by atoms with Crippen LogP contribution in [-0.2, 0) is 9.53 Å². The third-order valence-corrected chi connectivity index (χ3v) is 13.2. The molecule has 3 aromatic rings. The predicted molar refractivity (Wildman–Crippen MR) is 133 cm³/mol. The van der Waals surface area contributed by atoms with Crippen LogP contribution in [0, 0.1) is 0 Å². The average molecular weight is 774 g/mol. The molecule has 0 aliphatic rings. The Hall–Kier alpha value is -0.122. The number of ether oxygens (including phenoxy) is 1. The molecule has 28 heavy (non-hydrogen) atoms. The molecule has 0 heterocycles. The molecular weight excluding hydrogens is 752 g/mol. The van der Waals surface area contributed by atoms with Crippen LogP contribution in [0.15, 0.2) is 91.0 Å². The van der Waals surface area contributed by atoms with Crippen molar-refractivity contribution >= 4 is 69.8 Å². The SMILES string of the molecule is CCOC(=O)C[As+](c1ccccc1)(c1ccccc1)c1ccccc1.II.[I-]. The molecule has 0 unspecified atom stereocenters. The van der Waals surface area contributed by atoms with Crippen LogP contribution < -0.4 is 37.0 Å². The van der Waals surface area contributed by atoms with Gasteiger partial charge in [-0.1, -0.05) is 0 Å². The van der Waals surface area contributed by atoms with Gasteiger partial charge < -0.3 is 24.0 Å². The Kier molecular flexibility index (Phi) is 12.9. The first-order valence-electron chi connectivity index (χ1n) is 8.62. The molecule has 0 spiro atoms. The molecule has 0 aliphatic carbocycles. The zero-order valence-corrected chi connectivity index (χ0v) is 23.8. The van der Waals surface area contributed by atoms with Crippen molar-refractivity contribution in [1.29, 1.82) is 0 Å². The van der Waals surface area contributed by atoms with Crippen molar-refractivity contribution in [2.75, 3.05) is 6.61 Å². The maximum absolute atomic E-state index is 12.6. The molecule has 0 fully saturated rings. The second-order valence-electron chi connectivity index (χ2n) is 5.78.